The molecular weight excluding hydrogens is 283 g/mol. The summed E-state index contributed by atoms with van der Waals surface area (Å²) in [5, 5.41) is 15.2. The lowest BCUT2D eigenvalue weighted by Crippen LogP contribution is -2.05. The van der Waals surface area contributed by atoms with Gasteiger partial charge in [0, 0.05) is 0 Å². The van der Waals surface area contributed by atoms with Crippen molar-refractivity contribution < 1.29 is 5.11 Å². The quantitative estimate of drug-likeness (QED) is 0.928. The molecule has 1 heterocycles. The van der Waals surface area contributed by atoms with Crippen molar-refractivity contribution in [3.63, 3.8) is 0 Å². The molecule has 5 heteroatoms. The Hall–Kier alpha value is -1.03. The van der Waals surface area contributed by atoms with Crippen LogP contribution in [-0.2, 0) is 13.0 Å². The molecule has 19 heavy (non-hydrogen) atoms. The highest BCUT2D eigenvalue weighted by atomic mass is 35.5. The van der Waals surface area contributed by atoms with Gasteiger partial charge in [0.2, 0.25) is 0 Å². The van der Waals surface area contributed by atoms with E-state index in [2.05, 4.69) is 12.0 Å². The number of rotatable bonds is 4. The normalized spacial score (nSPS) is 11.0. The first-order valence-electron chi connectivity index (χ1n) is 6.22. The number of aryl methyl sites for hydroxylation is 1. The minimum atomic E-state index is -0.0856. The zero-order valence-corrected chi connectivity index (χ0v) is 12.5. The third-order valence-corrected chi connectivity index (χ3v) is 3.70. The number of hydrogen-bond acceptors (Lipinski definition) is 2. The van der Waals surface area contributed by atoms with E-state index in [0.29, 0.717) is 15.7 Å². The van der Waals surface area contributed by atoms with Gasteiger partial charge < -0.3 is 5.11 Å². The maximum atomic E-state index is 9.64. The summed E-state index contributed by atoms with van der Waals surface area (Å²) < 4.78 is 1.66. The maximum absolute atomic E-state index is 9.64. The predicted molar refractivity (Wildman–Crippen MR) is 78.2 cm³/mol. The zero-order valence-electron chi connectivity index (χ0n) is 11.0. The van der Waals surface area contributed by atoms with E-state index in [1.165, 1.54) is 0 Å². The van der Waals surface area contributed by atoms with Crippen LogP contribution in [0.15, 0.2) is 18.2 Å². The molecule has 0 unspecified atom stereocenters. The van der Waals surface area contributed by atoms with E-state index < -0.39 is 0 Å². The Morgan fingerprint density at radius 3 is 2.42 bits per heavy atom. The van der Waals surface area contributed by atoms with Gasteiger partial charge in [0.25, 0.3) is 0 Å². The van der Waals surface area contributed by atoms with Gasteiger partial charge in [0.05, 0.1) is 28.0 Å². The van der Waals surface area contributed by atoms with Crippen molar-refractivity contribution in [2.24, 2.45) is 0 Å². The minimum absolute atomic E-state index is 0.0856. The van der Waals surface area contributed by atoms with Gasteiger partial charge in [0.1, 0.15) is 5.69 Å². The molecular formula is C14H16Cl2N2O. The SMILES string of the molecule is CCCc1c(C)nn(-c2c(Cl)cccc2Cl)c1CO. The molecule has 3 nitrogen and oxygen atoms in total. The molecule has 0 radical (unpaired) electrons. The highest BCUT2D eigenvalue weighted by Gasteiger charge is 2.18. The van der Waals surface area contributed by atoms with Gasteiger partial charge in [-0.1, -0.05) is 42.6 Å². The Labute approximate surface area is 122 Å². The number of para-hydroxylation sites is 1. The summed E-state index contributed by atoms with van der Waals surface area (Å²) >= 11 is 12.4. The number of aliphatic hydroxyl groups excluding tert-OH is 1. The minimum Gasteiger partial charge on any atom is -0.390 e. The fraction of sp³-hybridized carbons (Fsp3) is 0.357. The summed E-state index contributed by atoms with van der Waals surface area (Å²) in [6, 6.07) is 5.32. The molecule has 0 bridgehead atoms. The van der Waals surface area contributed by atoms with Gasteiger partial charge in [-0.15, -0.1) is 0 Å². The van der Waals surface area contributed by atoms with Gasteiger partial charge >= 0.3 is 0 Å². The van der Waals surface area contributed by atoms with E-state index in [1.807, 2.05) is 6.92 Å². The average molecular weight is 299 g/mol. The van der Waals surface area contributed by atoms with Gasteiger partial charge in [-0.3, -0.25) is 0 Å². The van der Waals surface area contributed by atoms with Crippen molar-refractivity contribution in [1.29, 1.82) is 0 Å². The first-order valence-corrected chi connectivity index (χ1v) is 6.98. The van der Waals surface area contributed by atoms with Gasteiger partial charge in [0.15, 0.2) is 0 Å². The Kier molecular flexibility index (Phi) is 4.50. The van der Waals surface area contributed by atoms with Crippen molar-refractivity contribution in [3.8, 4) is 5.69 Å². The van der Waals surface area contributed by atoms with Gasteiger partial charge in [-0.05, 0) is 31.0 Å². The molecule has 2 aromatic rings. The molecule has 0 spiro atoms. The van der Waals surface area contributed by atoms with E-state index in [-0.39, 0.29) is 6.61 Å². The molecule has 0 atom stereocenters. The number of benzene rings is 1. The first-order chi connectivity index (χ1) is 9.10. The van der Waals surface area contributed by atoms with E-state index in [4.69, 9.17) is 23.2 Å². The third-order valence-electron chi connectivity index (χ3n) is 3.09. The number of hydrogen-bond donors (Lipinski definition) is 1. The van der Waals surface area contributed by atoms with Crippen LogP contribution in [0, 0.1) is 6.92 Å². The number of aromatic nitrogens is 2. The van der Waals surface area contributed by atoms with E-state index in [9.17, 15) is 5.11 Å². The predicted octanol–water partition coefficient (Wildman–Crippen LogP) is 3.93. The summed E-state index contributed by atoms with van der Waals surface area (Å²) in [4.78, 5) is 0. The second-order valence-electron chi connectivity index (χ2n) is 4.40. The second-order valence-corrected chi connectivity index (χ2v) is 5.22. The summed E-state index contributed by atoms with van der Waals surface area (Å²) in [6.45, 7) is 3.95. The van der Waals surface area contributed by atoms with Crippen molar-refractivity contribution in [2.75, 3.05) is 0 Å². The maximum Gasteiger partial charge on any atom is 0.102 e. The molecule has 0 aliphatic carbocycles. The lowest BCUT2D eigenvalue weighted by molar-refractivity contribution is 0.272. The van der Waals surface area contributed by atoms with Gasteiger partial charge in [-0.25, -0.2) is 4.68 Å². The van der Waals surface area contributed by atoms with Crippen LogP contribution >= 0.6 is 23.2 Å². The highest BCUT2D eigenvalue weighted by Crippen LogP contribution is 2.31. The molecule has 0 saturated heterocycles. The Bertz CT molecular complexity index is 573. The summed E-state index contributed by atoms with van der Waals surface area (Å²) in [6.07, 6.45) is 1.87. The van der Waals surface area contributed by atoms with E-state index in [0.717, 1.165) is 29.8 Å². The second kappa shape index (κ2) is 5.95. The Balaban J connectivity index is 2.66. The average Bonchev–Trinajstić information content (AvgIpc) is 2.66. The molecule has 0 aliphatic rings. The summed E-state index contributed by atoms with van der Waals surface area (Å²) in [7, 11) is 0. The van der Waals surface area contributed by atoms with Gasteiger partial charge in [-0.2, -0.15) is 5.10 Å². The van der Waals surface area contributed by atoms with E-state index >= 15 is 0 Å². The molecule has 0 saturated carbocycles. The van der Waals surface area contributed by atoms with Crippen LogP contribution in [-0.4, -0.2) is 14.9 Å². The number of halogens is 2. The fourth-order valence-electron chi connectivity index (χ4n) is 2.22. The number of aliphatic hydroxyl groups is 1. The van der Waals surface area contributed by atoms with Crippen molar-refractivity contribution in [3.05, 3.63) is 45.2 Å². The molecule has 102 valence electrons. The molecule has 0 fully saturated rings. The molecule has 0 amide bonds. The Morgan fingerprint density at radius 1 is 1.26 bits per heavy atom. The number of nitrogens with zero attached hydrogens (tertiary/aromatic N) is 2. The lowest BCUT2D eigenvalue weighted by Gasteiger charge is -2.10. The van der Waals surface area contributed by atoms with Crippen LogP contribution < -0.4 is 0 Å². The molecule has 2 rings (SSSR count). The zero-order chi connectivity index (χ0) is 14.0. The van der Waals surface area contributed by atoms with Crippen LogP contribution in [0.4, 0.5) is 0 Å². The van der Waals surface area contributed by atoms with Crippen LogP contribution in [0.2, 0.25) is 10.0 Å². The van der Waals surface area contributed by atoms with E-state index in [1.54, 1.807) is 22.9 Å². The smallest absolute Gasteiger partial charge is 0.102 e. The third kappa shape index (κ3) is 2.64. The lowest BCUT2D eigenvalue weighted by atomic mass is 10.1. The molecule has 1 aromatic heterocycles. The van der Waals surface area contributed by atoms with Crippen molar-refractivity contribution in [1.82, 2.24) is 9.78 Å². The van der Waals surface area contributed by atoms with Crippen LogP contribution in [0.3, 0.4) is 0 Å². The topological polar surface area (TPSA) is 38.0 Å². The van der Waals surface area contributed by atoms with Crippen molar-refractivity contribution >= 4 is 23.2 Å². The monoisotopic (exact) mass is 298 g/mol. The summed E-state index contributed by atoms with van der Waals surface area (Å²) in [5.41, 5.74) is 3.36. The first kappa shape index (κ1) is 14.4. The standard InChI is InChI=1S/C14H16Cl2N2O/c1-3-5-10-9(2)17-18(13(10)8-19)14-11(15)6-4-7-12(14)16/h4,6-7,19H,3,5,8H2,1-2H3. The Morgan fingerprint density at radius 2 is 1.89 bits per heavy atom. The fourth-order valence-corrected chi connectivity index (χ4v) is 2.78. The van der Waals surface area contributed by atoms with Crippen LogP contribution in [0.1, 0.15) is 30.3 Å². The summed E-state index contributed by atoms with van der Waals surface area (Å²) in [5.74, 6) is 0. The largest absolute Gasteiger partial charge is 0.390 e. The van der Waals surface area contributed by atoms with Crippen LogP contribution in [0.5, 0.6) is 0 Å². The van der Waals surface area contributed by atoms with Crippen molar-refractivity contribution in [2.45, 2.75) is 33.3 Å². The molecule has 0 aliphatic heterocycles. The highest BCUT2D eigenvalue weighted by molar-refractivity contribution is 6.37. The molecule has 1 N–H and O–H groups in total. The van der Waals surface area contributed by atoms with Crippen LogP contribution in [0.25, 0.3) is 5.69 Å². The molecule has 1 aromatic carbocycles.